The van der Waals surface area contributed by atoms with Crippen molar-refractivity contribution in [3.05, 3.63) is 0 Å². The second-order valence-corrected chi connectivity index (χ2v) is 7.30. The highest BCUT2D eigenvalue weighted by Crippen LogP contribution is 1.93. The maximum atomic E-state index is 8.49. The fraction of sp³-hybridized carbons (Fsp3) is 1.00. The normalized spacial score (nSPS) is 19.8. The van der Waals surface area contributed by atoms with Gasteiger partial charge in [-0.25, -0.2) is 37.3 Å². The first-order valence-corrected chi connectivity index (χ1v) is 10.1. The Labute approximate surface area is 147 Å². The monoisotopic (exact) mass is 398 g/mol. The van der Waals surface area contributed by atoms with Gasteiger partial charge in [-0.05, 0) is 38.5 Å². The molecule has 0 saturated carbocycles. The van der Waals surface area contributed by atoms with Crippen molar-refractivity contribution in [3.63, 3.8) is 0 Å². The summed E-state index contributed by atoms with van der Waals surface area (Å²) in [6, 6.07) is 0. The molecule has 2 fully saturated rings. The highest BCUT2D eigenvalue weighted by molar-refractivity contribution is 4.43. The second-order valence-electron chi connectivity index (χ2n) is 5.79. The molecule has 0 spiro atoms. The molecule has 0 aromatic rings. The van der Waals surface area contributed by atoms with Crippen molar-refractivity contribution in [1.82, 2.24) is 0 Å². The van der Waals surface area contributed by atoms with E-state index in [0.717, 1.165) is 0 Å². The summed E-state index contributed by atoms with van der Waals surface area (Å²) in [6.45, 7) is 5.61. The lowest BCUT2D eigenvalue weighted by molar-refractivity contribution is -2.00. The molecule has 10 nitrogen and oxygen atoms in total. The molecule has 2 rings (SSSR count). The molecule has 2 aliphatic heterocycles. The van der Waals surface area contributed by atoms with E-state index in [-0.39, 0.29) is 0 Å². The summed E-state index contributed by atoms with van der Waals surface area (Å²) in [4.78, 5) is 3.43. The van der Waals surface area contributed by atoms with Gasteiger partial charge in [0.05, 0.1) is 40.3 Å². The molecular formula is C12H28Cl2N2O8. The third kappa shape index (κ3) is 38.0. The molecule has 2 saturated heterocycles. The van der Waals surface area contributed by atoms with Crippen molar-refractivity contribution < 1.29 is 67.6 Å². The first-order valence-electron chi connectivity index (χ1n) is 7.65. The van der Waals surface area contributed by atoms with Gasteiger partial charge in [0.15, 0.2) is 0 Å². The van der Waals surface area contributed by atoms with Crippen molar-refractivity contribution in [2.45, 2.75) is 38.5 Å². The summed E-state index contributed by atoms with van der Waals surface area (Å²) >= 11 is 0. The van der Waals surface area contributed by atoms with Crippen LogP contribution in [0, 0.1) is 20.5 Å². The molecule has 0 aliphatic carbocycles. The van der Waals surface area contributed by atoms with E-state index in [1.807, 2.05) is 0 Å². The molecule has 2 aliphatic rings. The standard InChI is InChI=1S/2C6H13N.2ClHO4/c2*1-7-5-3-2-4-6-7;2*2-1(3,4)5/h2*2-6H2,1H3;2*(H,2,3,4,5). The number of quaternary nitrogens is 2. The maximum Gasteiger partial charge on any atom is 0.0768 e. The average molecular weight is 399 g/mol. The number of hydrogen-bond donors (Lipinski definition) is 2. The Hall–Kier alpha value is 0.180. The Bertz CT molecular complexity index is 237. The molecule has 12 heteroatoms. The molecule has 0 amide bonds. The predicted octanol–water partition coefficient (Wildman–Crippen LogP) is -10.1. The summed E-state index contributed by atoms with van der Waals surface area (Å²) in [5.41, 5.74) is 0. The third-order valence-corrected chi connectivity index (χ3v) is 3.41. The van der Waals surface area contributed by atoms with Crippen molar-refractivity contribution in [1.29, 1.82) is 0 Å². The van der Waals surface area contributed by atoms with Crippen LogP contribution < -0.4 is 47.1 Å². The van der Waals surface area contributed by atoms with Gasteiger partial charge in [-0.2, -0.15) is 0 Å². The first kappa shape index (κ1) is 26.4. The van der Waals surface area contributed by atoms with E-state index in [0.29, 0.717) is 0 Å². The molecular weight excluding hydrogens is 371 g/mol. The van der Waals surface area contributed by atoms with E-state index in [9.17, 15) is 0 Å². The van der Waals surface area contributed by atoms with Gasteiger partial charge in [0, 0.05) is 0 Å². The fourth-order valence-electron chi connectivity index (χ4n) is 2.31. The summed E-state index contributed by atoms with van der Waals surface area (Å²) in [7, 11) is -5.34. The number of nitrogens with one attached hydrogen (secondary N) is 2. The molecule has 0 bridgehead atoms. The lowest BCUT2D eigenvalue weighted by Crippen LogP contribution is -3.09. The Morgan fingerprint density at radius 3 is 0.708 bits per heavy atom. The molecule has 24 heavy (non-hydrogen) atoms. The first-order chi connectivity index (χ1) is 10.8. The summed E-state index contributed by atoms with van der Waals surface area (Å²) in [5.74, 6) is 0. The molecule has 148 valence electrons. The Balaban J connectivity index is 0. The van der Waals surface area contributed by atoms with Crippen LogP contribution in [0.25, 0.3) is 0 Å². The molecule has 2 N–H and O–H groups in total. The molecule has 0 unspecified atom stereocenters. The molecule has 0 atom stereocenters. The fourth-order valence-corrected chi connectivity index (χ4v) is 2.31. The quantitative estimate of drug-likeness (QED) is 0.401. The van der Waals surface area contributed by atoms with E-state index in [1.165, 1.54) is 64.7 Å². The maximum absolute atomic E-state index is 8.49. The summed E-state index contributed by atoms with van der Waals surface area (Å²) in [5, 5.41) is 0. The smallest absolute Gasteiger partial charge is 0.0768 e. The van der Waals surface area contributed by atoms with Crippen molar-refractivity contribution in [2.75, 3.05) is 40.3 Å². The second kappa shape index (κ2) is 14.4. The third-order valence-electron chi connectivity index (χ3n) is 3.41. The average Bonchev–Trinajstić information content (AvgIpc) is 2.37. The zero-order valence-electron chi connectivity index (χ0n) is 14.1. The largest absolute Gasteiger partial charge is 0.337 e. The van der Waals surface area contributed by atoms with Crippen LogP contribution in [0.1, 0.15) is 38.5 Å². The van der Waals surface area contributed by atoms with Gasteiger partial charge in [-0.3, -0.25) is 0 Å². The molecule has 2 heterocycles. The van der Waals surface area contributed by atoms with Gasteiger partial charge in [0.25, 0.3) is 0 Å². The zero-order valence-corrected chi connectivity index (χ0v) is 15.6. The number of likely N-dealkylation sites (tertiary alicyclic amines) is 2. The lowest BCUT2D eigenvalue weighted by Gasteiger charge is -2.17. The number of piperidine rings is 2. The van der Waals surface area contributed by atoms with Crippen molar-refractivity contribution in [2.24, 2.45) is 0 Å². The van der Waals surface area contributed by atoms with Gasteiger partial charge in [0.1, 0.15) is 0 Å². The van der Waals surface area contributed by atoms with E-state index >= 15 is 0 Å². The summed E-state index contributed by atoms with van der Waals surface area (Å²) in [6.07, 6.45) is 8.74. The van der Waals surface area contributed by atoms with E-state index < -0.39 is 20.5 Å². The summed E-state index contributed by atoms with van der Waals surface area (Å²) < 4.78 is 67.9. The minimum absolute atomic E-state index is 1.40. The van der Waals surface area contributed by atoms with E-state index in [1.54, 1.807) is 9.80 Å². The van der Waals surface area contributed by atoms with Crippen LogP contribution >= 0.6 is 0 Å². The lowest BCUT2D eigenvalue weighted by atomic mass is 10.1. The van der Waals surface area contributed by atoms with Crippen molar-refractivity contribution >= 4 is 0 Å². The Morgan fingerprint density at radius 1 is 0.458 bits per heavy atom. The van der Waals surface area contributed by atoms with Gasteiger partial charge in [-0.15, -0.1) is 20.5 Å². The van der Waals surface area contributed by atoms with Crippen LogP contribution in [0.5, 0.6) is 0 Å². The topological polar surface area (TPSA) is 193 Å². The Morgan fingerprint density at radius 2 is 0.625 bits per heavy atom. The van der Waals surface area contributed by atoms with Gasteiger partial charge < -0.3 is 9.80 Å². The molecule has 0 aromatic heterocycles. The molecule has 0 aromatic carbocycles. The van der Waals surface area contributed by atoms with E-state index in [2.05, 4.69) is 14.1 Å². The minimum atomic E-state index is -4.94. The van der Waals surface area contributed by atoms with Crippen molar-refractivity contribution in [3.8, 4) is 0 Å². The number of rotatable bonds is 0. The Kier molecular flexibility index (Phi) is 15.8. The van der Waals surface area contributed by atoms with Crippen LogP contribution in [0.2, 0.25) is 0 Å². The van der Waals surface area contributed by atoms with Gasteiger partial charge in [-0.1, -0.05) is 0 Å². The van der Waals surface area contributed by atoms with Gasteiger partial charge in [0.2, 0.25) is 0 Å². The zero-order chi connectivity index (χ0) is 19.2. The minimum Gasteiger partial charge on any atom is -0.337 e. The van der Waals surface area contributed by atoms with Crippen LogP contribution in [0.15, 0.2) is 0 Å². The van der Waals surface area contributed by atoms with Crippen LogP contribution in [0.3, 0.4) is 0 Å². The highest BCUT2D eigenvalue weighted by atomic mass is 35.7. The molecule has 0 radical (unpaired) electrons. The van der Waals surface area contributed by atoms with Gasteiger partial charge >= 0.3 is 0 Å². The number of halogens is 2. The van der Waals surface area contributed by atoms with Crippen LogP contribution in [-0.4, -0.2) is 40.3 Å². The van der Waals surface area contributed by atoms with E-state index in [4.69, 9.17) is 37.3 Å². The predicted molar refractivity (Wildman–Crippen MR) is 60.9 cm³/mol. The number of hydrogen-bond acceptors (Lipinski definition) is 8. The highest BCUT2D eigenvalue weighted by Gasteiger charge is 2.06. The SMILES string of the molecule is C[NH+]1CCCCC1.C[NH+]1CCCCC1.[O-][Cl+3]([O-])([O-])[O-].[O-][Cl+3]([O-])([O-])[O-]. The van der Waals surface area contributed by atoms with Crippen LogP contribution in [-0.2, 0) is 0 Å². The van der Waals surface area contributed by atoms with Crippen LogP contribution in [0.4, 0.5) is 0 Å².